The first-order valence-electron chi connectivity index (χ1n) is 8.91. The molecule has 2 rings (SSSR count). The van der Waals surface area contributed by atoms with Crippen LogP contribution in [0, 0.1) is 11.8 Å². The molecule has 0 aromatic heterocycles. The molecule has 1 aliphatic heterocycles. The first kappa shape index (κ1) is 19.0. The first-order valence-corrected chi connectivity index (χ1v) is 8.91. The van der Waals surface area contributed by atoms with Gasteiger partial charge < -0.3 is 10.2 Å². The summed E-state index contributed by atoms with van der Waals surface area (Å²) in [5.41, 5.74) is 2.29. The van der Waals surface area contributed by atoms with Gasteiger partial charge in [-0.1, -0.05) is 24.0 Å². The van der Waals surface area contributed by atoms with Crippen molar-refractivity contribution in [1.82, 2.24) is 9.80 Å². The Morgan fingerprint density at radius 3 is 2.50 bits per heavy atom. The van der Waals surface area contributed by atoms with Crippen molar-refractivity contribution in [3.05, 3.63) is 35.4 Å². The van der Waals surface area contributed by atoms with E-state index in [1.807, 2.05) is 0 Å². The van der Waals surface area contributed by atoms with Crippen LogP contribution in [0.15, 0.2) is 24.3 Å². The second-order valence-corrected chi connectivity index (χ2v) is 6.71. The molecule has 0 unspecified atom stereocenters. The van der Waals surface area contributed by atoms with E-state index in [4.69, 9.17) is 5.11 Å². The number of hydrogen-bond acceptors (Lipinski definition) is 4. The maximum Gasteiger partial charge on any atom is 0.0540 e. The summed E-state index contributed by atoms with van der Waals surface area (Å²) >= 11 is 0. The van der Waals surface area contributed by atoms with Gasteiger partial charge in [-0.25, -0.2) is 0 Å². The van der Waals surface area contributed by atoms with Gasteiger partial charge >= 0.3 is 0 Å². The number of nitrogens with zero attached hydrogens (tertiary/aromatic N) is 2. The van der Waals surface area contributed by atoms with Crippen LogP contribution in [0.5, 0.6) is 0 Å². The van der Waals surface area contributed by atoms with E-state index in [0.717, 1.165) is 38.2 Å². The monoisotopic (exact) mass is 330 g/mol. The Balaban J connectivity index is 1.92. The summed E-state index contributed by atoms with van der Waals surface area (Å²) in [6.45, 7) is 8.92. The minimum Gasteiger partial charge on any atom is -0.396 e. The molecular weight excluding hydrogens is 300 g/mol. The largest absolute Gasteiger partial charge is 0.396 e. The normalized spacial score (nSPS) is 19.3. The lowest BCUT2D eigenvalue weighted by molar-refractivity contribution is 0.0349. The Hall–Kier alpha value is -1.38. The first-order chi connectivity index (χ1) is 11.6. The molecule has 0 spiro atoms. The minimum atomic E-state index is 0.114. The van der Waals surface area contributed by atoms with E-state index in [1.54, 1.807) is 0 Å². The van der Waals surface area contributed by atoms with Gasteiger partial charge in [-0.05, 0) is 38.0 Å². The highest BCUT2D eigenvalue weighted by atomic mass is 16.3. The number of hydrogen-bond donors (Lipinski definition) is 2. The fraction of sp³-hybridized carbons (Fsp3) is 0.600. The lowest BCUT2D eigenvalue weighted by atomic mass is 10.1. The maximum atomic E-state index is 9.34. The predicted molar refractivity (Wildman–Crippen MR) is 97.6 cm³/mol. The smallest absolute Gasteiger partial charge is 0.0540 e. The predicted octanol–water partition coefficient (Wildman–Crippen LogP) is 1.70. The third kappa shape index (κ3) is 5.61. The molecule has 1 heterocycles. The van der Waals surface area contributed by atoms with Crippen molar-refractivity contribution in [2.45, 2.75) is 45.3 Å². The Labute approximate surface area is 146 Å². The molecule has 0 amide bonds. The zero-order valence-corrected chi connectivity index (χ0v) is 14.9. The second kappa shape index (κ2) is 9.80. The van der Waals surface area contributed by atoms with Crippen molar-refractivity contribution in [3.63, 3.8) is 0 Å². The van der Waals surface area contributed by atoms with E-state index >= 15 is 0 Å². The molecule has 0 saturated carbocycles. The fourth-order valence-electron chi connectivity index (χ4n) is 3.34. The van der Waals surface area contributed by atoms with Crippen molar-refractivity contribution in [1.29, 1.82) is 0 Å². The number of benzene rings is 1. The van der Waals surface area contributed by atoms with E-state index in [-0.39, 0.29) is 13.2 Å². The molecular formula is C20H30N2O2. The van der Waals surface area contributed by atoms with Crippen molar-refractivity contribution in [3.8, 4) is 11.8 Å². The van der Waals surface area contributed by atoms with Crippen LogP contribution >= 0.6 is 0 Å². The number of aliphatic hydroxyl groups excluding tert-OH is 2. The molecule has 4 nitrogen and oxygen atoms in total. The molecule has 1 aliphatic rings. The number of rotatable bonds is 6. The summed E-state index contributed by atoms with van der Waals surface area (Å²) in [6, 6.07) is 9.34. The SMILES string of the molecule is CC(C)N1CCN(Cc2ccc(C#CCCO)cc2)C[C@@H]1CCO. The van der Waals surface area contributed by atoms with Crippen molar-refractivity contribution in [2.75, 3.05) is 32.8 Å². The van der Waals surface area contributed by atoms with Crippen LogP contribution in [-0.4, -0.2) is 64.9 Å². The van der Waals surface area contributed by atoms with Crippen molar-refractivity contribution in [2.24, 2.45) is 0 Å². The van der Waals surface area contributed by atoms with Gasteiger partial charge in [-0.2, -0.15) is 0 Å². The van der Waals surface area contributed by atoms with Gasteiger partial charge in [0.05, 0.1) is 6.61 Å². The molecule has 24 heavy (non-hydrogen) atoms. The minimum absolute atomic E-state index is 0.114. The van der Waals surface area contributed by atoms with Gasteiger partial charge in [0.25, 0.3) is 0 Å². The molecule has 1 atom stereocenters. The molecule has 4 heteroatoms. The topological polar surface area (TPSA) is 46.9 Å². The van der Waals surface area contributed by atoms with Crippen LogP contribution in [0.25, 0.3) is 0 Å². The quantitative estimate of drug-likeness (QED) is 0.780. The fourth-order valence-corrected chi connectivity index (χ4v) is 3.34. The molecule has 0 bridgehead atoms. The average Bonchev–Trinajstić information content (AvgIpc) is 2.57. The zero-order valence-electron chi connectivity index (χ0n) is 14.9. The van der Waals surface area contributed by atoms with Gasteiger partial charge in [0.1, 0.15) is 0 Å². The number of piperazine rings is 1. The standard InChI is InChI=1S/C20H30N2O2/c1-17(2)22-12-11-21(16-20(22)10-14-24)15-19-8-6-18(7-9-19)5-3-4-13-23/h6-9,17,20,23-24H,4,10-16H2,1-2H3/t20-/m0/s1. The Kier molecular flexibility index (Phi) is 7.74. The van der Waals surface area contributed by atoms with Crippen LogP contribution in [0.4, 0.5) is 0 Å². The Morgan fingerprint density at radius 1 is 1.12 bits per heavy atom. The van der Waals surface area contributed by atoms with E-state index < -0.39 is 0 Å². The molecule has 1 saturated heterocycles. The molecule has 2 N–H and O–H groups in total. The summed E-state index contributed by atoms with van der Waals surface area (Å²) in [7, 11) is 0. The zero-order chi connectivity index (χ0) is 17.4. The van der Waals surface area contributed by atoms with Gasteiger partial charge in [-0.3, -0.25) is 9.80 Å². The van der Waals surface area contributed by atoms with Gasteiger partial charge in [0.2, 0.25) is 0 Å². The van der Waals surface area contributed by atoms with Crippen LogP contribution in [0.3, 0.4) is 0 Å². The van der Waals surface area contributed by atoms with E-state index in [0.29, 0.717) is 18.5 Å². The highest BCUT2D eigenvalue weighted by Gasteiger charge is 2.28. The molecule has 1 aromatic carbocycles. The van der Waals surface area contributed by atoms with Crippen molar-refractivity contribution >= 4 is 0 Å². The van der Waals surface area contributed by atoms with Gasteiger partial charge in [-0.15, -0.1) is 0 Å². The second-order valence-electron chi connectivity index (χ2n) is 6.71. The summed E-state index contributed by atoms with van der Waals surface area (Å²) in [5.74, 6) is 6.01. The Morgan fingerprint density at radius 2 is 1.88 bits per heavy atom. The number of aliphatic hydroxyl groups is 2. The van der Waals surface area contributed by atoms with Gasteiger partial charge in [0.15, 0.2) is 0 Å². The summed E-state index contributed by atoms with van der Waals surface area (Å²) in [5, 5.41) is 18.1. The molecule has 0 aliphatic carbocycles. The van der Waals surface area contributed by atoms with E-state index in [2.05, 4.69) is 59.8 Å². The average molecular weight is 330 g/mol. The van der Waals surface area contributed by atoms with Crippen LogP contribution in [-0.2, 0) is 6.54 Å². The van der Waals surface area contributed by atoms with E-state index in [1.165, 1.54) is 5.56 Å². The van der Waals surface area contributed by atoms with E-state index in [9.17, 15) is 5.11 Å². The maximum absolute atomic E-state index is 9.34. The molecule has 0 radical (unpaired) electrons. The molecule has 1 fully saturated rings. The third-order valence-electron chi connectivity index (χ3n) is 4.57. The van der Waals surface area contributed by atoms with Crippen molar-refractivity contribution < 1.29 is 10.2 Å². The van der Waals surface area contributed by atoms with Gasteiger partial charge in [0, 0.05) is 56.9 Å². The third-order valence-corrected chi connectivity index (χ3v) is 4.57. The summed E-state index contributed by atoms with van der Waals surface area (Å²) < 4.78 is 0. The molecule has 132 valence electrons. The molecule has 1 aromatic rings. The highest BCUT2D eigenvalue weighted by molar-refractivity contribution is 5.36. The van der Waals surface area contributed by atoms with Crippen LogP contribution in [0.2, 0.25) is 0 Å². The lowest BCUT2D eigenvalue weighted by Crippen LogP contribution is -2.55. The summed E-state index contributed by atoms with van der Waals surface area (Å²) in [4.78, 5) is 4.98. The highest BCUT2D eigenvalue weighted by Crippen LogP contribution is 2.18. The summed E-state index contributed by atoms with van der Waals surface area (Å²) in [6.07, 6.45) is 1.36. The Bertz CT molecular complexity index is 545. The lowest BCUT2D eigenvalue weighted by Gasteiger charge is -2.43. The van der Waals surface area contributed by atoms with Crippen LogP contribution < -0.4 is 0 Å². The van der Waals surface area contributed by atoms with Crippen LogP contribution in [0.1, 0.15) is 37.8 Å².